The van der Waals surface area contributed by atoms with Gasteiger partial charge in [-0.3, -0.25) is 4.98 Å². The summed E-state index contributed by atoms with van der Waals surface area (Å²) in [6.07, 6.45) is 5.66. The average molecular weight is 256 g/mol. The number of benzene rings is 1. The third-order valence-electron chi connectivity index (χ3n) is 3.90. The summed E-state index contributed by atoms with van der Waals surface area (Å²) < 4.78 is 5.74. The third-order valence-corrected chi connectivity index (χ3v) is 3.90. The maximum Gasteiger partial charge on any atom is 0.0705 e. The van der Waals surface area contributed by atoms with Gasteiger partial charge in [-0.1, -0.05) is 18.2 Å². The first-order chi connectivity index (χ1) is 9.36. The average Bonchev–Trinajstić information content (AvgIpc) is 2.97. The zero-order valence-electron chi connectivity index (χ0n) is 11.3. The summed E-state index contributed by atoms with van der Waals surface area (Å²) in [5.41, 5.74) is 2.36. The molecule has 0 aliphatic carbocycles. The zero-order chi connectivity index (χ0) is 13.1. The van der Waals surface area contributed by atoms with Crippen molar-refractivity contribution in [3.63, 3.8) is 0 Å². The Labute approximate surface area is 114 Å². The van der Waals surface area contributed by atoms with E-state index in [0.29, 0.717) is 12.1 Å². The molecule has 2 heterocycles. The number of hydrogen-bond donors (Lipinski definition) is 1. The van der Waals surface area contributed by atoms with Gasteiger partial charge in [0, 0.05) is 24.2 Å². The lowest BCUT2D eigenvalue weighted by molar-refractivity contribution is 0.0954. The van der Waals surface area contributed by atoms with Crippen molar-refractivity contribution in [1.29, 1.82) is 0 Å². The molecule has 0 saturated carbocycles. The van der Waals surface area contributed by atoms with Crippen molar-refractivity contribution >= 4 is 10.9 Å². The number of aromatic nitrogens is 1. The van der Waals surface area contributed by atoms with E-state index in [0.717, 1.165) is 18.5 Å². The third kappa shape index (κ3) is 2.77. The predicted molar refractivity (Wildman–Crippen MR) is 77.1 cm³/mol. The molecule has 1 aliphatic rings. The minimum Gasteiger partial charge on any atom is -0.378 e. The van der Waals surface area contributed by atoms with Crippen LogP contribution in [0.15, 0.2) is 36.5 Å². The minimum atomic E-state index is 0.342. The molecule has 3 heteroatoms. The van der Waals surface area contributed by atoms with Crippen molar-refractivity contribution in [2.24, 2.45) is 0 Å². The Morgan fingerprint density at radius 2 is 2.37 bits per heavy atom. The van der Waals surface area contributed by atoms with E-state index in [-0.39, 0.29) is 0 Å². The molecule has 1 N–H and O–H groups in total. The fourth-order valence-electron chi connectivity index (χ4n) is 2.81. The lowest BCUT2D eigenvalue weighted by Gasteiger charge is -2.20. The van der Waals surface area contributed by atoms with Gasteiger partial charge in [-0.15, -0.1) is 0 Å². The summed E-state index contributed by atoms with van der Waals surface area (Å²) in [6, 6.07) is 10.9. The highest BCUT2D eigenvalue weighted by Crippen LogP contribution is 2.26. The molecule has 1 fully saturated rings. The summed E-state index contributed by atoms with van der Waals surface area (Å²) in [5.74, 6) is 0. The van der Waals surface area contributed by atoms with Crippen LogP contribution < -0.4 is 5.32 Å². The van der Waals surface area contributed by atoms with Gasteiger partial charge in [-0.05, 0) is 44.0 Å². The van der Waals surface area contributed by atoms with Crippen LogP contribution in [0.25, 0.3) is 10.9 Å². The van der Waals surface area contributed by atoms with Crippen molar-refractivity contribution in [2.75, 3.05) is 13.7 Å². The maximum atomic E-state index is 5.74. The van der Waals surface area contributed by atoms with Crippen LogP contribution in [-0.4, -0.2) is 24.7 Å². The molecule has 2 atom stereocenters. The highest BCUT2D eigenvalue weighted by molar-refractivity contribution is 5.78. The second kappa shape index (κ2) is 5.68. The molecule has 3 rings (SSSR count). The first kappa shape index (κ1) is 12.6. The summed E-state index contributed by atoms with van der Waals surface area (Å²) >= 11 is 0. The van der Waals surface area contributed by atoms with E-state index in [4.69, 9.17) is 4.74 Å². The first-order valence-corrected chi connectivity index (χ1v) is 7.00. The van der Waals surface area contributed by atoms with E-state index in [1.807, 2.05) is 19.3 Å². The van der Waals surface area contributed by atoms with Crippen LogP contribution >= 0.6 is 0 Å². The SMILES string of the molecule is CNC(CC1CCCO1)c1ccc2cccnc2c1. The molecule has 0 spiro atoms. The molecule has 1 aromatic heterocycles. The van der Waals surface area contributed by atoms with Gasteiger partial charge in [0.25, 0.3) is 0 Å². The monoisotopic (exact) mass is 256 g/mol. The molecule has 0 amide bonds. The predicted octanol–water partition coefficient (Wildman–Crippen LogP) is 3.06. The molecule has 19 heavy (non-hydrogen) atoms. The van der Waals surface area contributed by atoms with Crippen LogP contribution in [0.4, 0.5) is 0 Å². The highest BCUT2D eigenvalue weighted by atomic mass is 16.5. The second-order valence-corrected chi connectivity index (χ2v) is 5.17. The molecule has 0 bridgehead atoms. The Kier molecular flexibility index (Phi) is 3.76. The zero-order valence-corrected chi connectivity index (χ0v) is 11.3. The minimum absolute atomic E-state index is 0.342. The largest absolute Gasteiger partial charge is 0.378 e. The molecular weight excluding hydrogens is 236 g/mol. The first-order valence-electron chi connectivity index (χ1n) is 7.00. The topological polar surface area (TPSA) is 34.1 Å². The van der Waals surface area contributed by atoms with Crippen molar-refractivity contribution in [3.05, 3.63) is 42.1 Å². The normalized spacial score (nSPS) is 20.8. The van der Waals surface area contributed by atoms with Gasteiger partial charge in [0.15, 0.2) is 0 Å². The molecule has 1 aromatic carbocycles. The Morgan fingerprint density at radius 3 is 3.16 bits per heavy atom. The second-order valence-electron chi connectivity index (χ2n) is 5.17. The van der Waals surface area contributed by atoms with E-state index in [1.165, 1.54) is 23.8 Å². The fraction of sp³-hybridized carbons (Fsp3) is 0.438. The van der Waals surface area contributed by atoms with Gasteiger partial charge in [-0.25, -0.2) is 0 Å². The number of fused-ring (bicyclic) bond motifs is 1. The van der Waals surface area contributed by atoms with Crippen LogP contribution in [0.5, 0.6) is 0 Å². The van der Waals surface area contributed by atoms with E-state index in [2.05, 4.69) is 34.6 Å². The van der Waals surface area contributed by atoms with Crippen LogP contribution in [0, 0.1) is 0 Å². The van der Waals surface area contributed by atoms with Gasteiger partial charge < -0.3 is 10.1 Å². The quantitative estimate of drug-likeness (QED) is 0.913. The summed E-state index contributed by atoms with van der Waals surface area (Å²) in [7, 11) is 2.02. The molecule has 0 radical (unpaired) electrons. The molecule has 3 nitrogen and oxygen atoms in total. The Bertz CT molecular complexity index is 549. The number of nitrogens with one attached hydrogen (secondary N) is 1. The van der Waals surface area contributed by atoms with Crippen LogP contribution in [0.2, 0.25) is 0 Å². The number of ether oxygens (including phenoxy) is 1. The Balaban J connectivity index is 1.83. The summed E-state index contributed by atoms with van der Waals surface area (Å²) in [5, 5.41) is 4.59. The molecule has 2 aromatic rings. The van der Waals surface area contributed by atoms with Crippen LogP contribution in [0.1, 0.15) is 30.9 Å². The van der Waals surface area contributed by atoms with E-state index >= 15 is 0 Å². The van der Waals surface area contributed by atoms with Gasteiger partial charge in [0.05, 0.1) is 11.6 Å². The number of nitrogens with zero attached hydrogens (tertiary/aromatic N) is 1. The Morgan fingerprint density at radius 1 is 1.42 bits per heavy atom. The summed E-state index contributed by atoms with van der Waals surface area (Å²) in [6.45, 7) is 0.917. The van der Waals surface area contributed by atoms with Crippen molar-refractivity contribution in [2.45, 2.75) is 31.4 Å². The molecule has 1 saturated heterocycles. The van der Waals surface area contributed by atoms with Gasteiger partial charge in [-0.2, -0.15) is 0 Å². The van der Waals surface area contributed by atoms with E-state index < -0.39 is 0 Å². The van der Waals surface area contributed by atoms with E-state index in [1.54, 1.807) is 0 Å². The molecule has 2 unspecified atom stereocenters. The van der Waals surface area contributed by atoms with Crippen LogP contribution in [0.3, 0.4) is 0 Å². The maximum absolute atomic E-state index is 5.74. The van der Waals surface area contributed by atoms with Crippen LogP contribution in [-0.2, 0) is 4.74 Å². The lowest BCUT2D eigenvalue weighted by Crippen LogP contribution is -2.22. The smallest absolute Gasteiger partial charge is 0.0705 e. The number of pyridine rings is 1. The Hall–Kier alpha value is -1.45. The van der Waals surface area contributed by atoms with Crippen molar-refractivity contribution in [3.8, 4) is 0 Å². The van der Waals surface area contributed by atoms with Gasteiger partial charge >= 0.3 is 0 Å². The lowest BCUT2D eigenvalue weighted by atomic mass is 9.98. The summed E-state index contributed by atoms with van der Waals surface area (Å²) in [4.78, 5) is 4.43. The molecule has 1 aliphatic heterocycles. The van der Waals surface area contributed by atoms with E-state index in [9.17, 15) is 0 Å². The van der Waals surface area contributed by atoms with Gasteiger partial charge in [0.1, 0.15) is 0 Å². The molecular formula is C16H20N2O. The highest BCUT2D eigenvalue weighted by Gasteiger charge is 2.21. The van der Waals surface area contributed by atoms with Crippen molar-refractivity contribution < 1.29 is 4.74 Å². The number of hydrogen-bond acceptors (Lipinski definition) is 3. The van der Waals surface area contributed by atoms with Gasteiger partial charge in [0.2, 0.25) is 0 Å². The fourth-order valence-corrected chi connectivity index (χ4v) is 2.81. The van der Waals surface area contributed by atoms with Crippen molar-refractivity contribution in [1.82, 2.24) is 10.3 Å². The molecule has 100 valence electrons. The number of rotatable bonds is 4. The standard InChI is InChI=1S/C16H20N2O/c1-17-15(11-14-5-3-9-19-14)13-7-6-12-4-2-8-18-16(12)10-13/h2,4,6-8,10,14-15,17H,3,5,9,11H2,1H3.